The normalized spacial score (nSPS) is 25.6. The van der Waals surface area contributed by atoms with E-state index in [9.17, 15) is 0 Å². The average Bonchev–Trinajstić information content (AvgIpc) is 3.08. The molecule has 0 amide bonds. The molecule has 0 aromatic heterocycles. The summed E-state index contributed by atoms with van der Waals surface area (Å²) in [5.74, 6) is 1.96. The topological polar surface area (TPSA) is 15.3 Å². The Bertz CT molecular complexity index is 440. The van der Waals surface area contributed by atoms with Gasteiger partial charge in [0, 0.05) is 41.7 Å². The number of fused-ring (bicyclic) bond motifs is 1. The van der Waals surface area contributed by atoms with Gasteiger partial charge in [0.2, 0.25) is 0 Å². The number of benzene rings is 1. The number of nitrogens with zero attached hydrogens (tertiary/aromatic N) is 1. The predicted octanol–water partition coefficient (Wildman–Crippen LogP) is 3.34. The third kappa shape index (κ3) is 3.21. The van der Waals surface area contributed by atoms with Gasteiger partial charge in [-0.25, -0.2) is 0 Å². The van der Waals surface area contributed by atoms with Crippen molar-refractivity contribution in [3.63, 3.8) is 0 Å². The molecule has 2 heterocycles. The third-order valence-corrected chi connectivity index (χ3v) is 5.85. The van der Waals surface area contributed by atoms with E-state index < -0.39 is 0 Å². The fourth-order valence-electron chi connectivity index (χ4n) is 3.36. The van der Waals surface area contributed by atoms with Crippen LogP contribution in [0.4, 0.5) is 0 Å². The number of nitrogens with one attached hydrogen (secondary N) is 1. The maximum atomic E-state index is 3.64. The molecule has 0 aliphatic carbocycles. The van der Waals surface area contributed by atoms with Crippen molar-refractivity contribution in [2.45, 2.75) is 49.6 Å². The van der Waals surface area contributed by atoms with Crippen molar-refractivity contribution in [2.75, 3.05) is 25.4 Å². The van der Waals surface area contributed by atoms with Crippen LogP contribution in [0, 0.1) is 0 Å². The van der Waals surface area contributed by atoms with Crippen molar-refractivity contribution >= 4 is 11.8 Å². The molecule has 2 aliphatic rings. The number of rotatable bonds is 5. The summed E-state index contributed by atoms with van der Waals surface area (Å²) in [6.45, 7) is 8.30. The van der Waals surface area contributed by atoms with E-state index >= 15 is 0 Å². The minimum Gasteiger partial charge on any atom is -0.313 e. The lowest BCUT2D eigenvalue weighted by atomic mass is 10.00. The summed E-state index contributed by atoms with van der Waals surface area (Å²) < 4.78 is 0. The fraction of sp³-hybridized carbons (Fsp3) is 0.647. The summed E-state index contributed by atoms with van der Waals surface area (Å²) in [5.41, 5.74) is 1.57. The Morgan fingerprint density at radius 1 is 1.30 bits per heavy atom. The molecule has 3 rings (SSSR count). The molecule has 2 atom stereocenters. The van der Waals surface area contributed by atoms with Crippen molar-refractivity contribution < 1.29 is 0 Å². The van der Waals surface area contributed by atoms with Gasteiger partial charge in [0.25, 0.3) is 0 Å². The van der Waals surface area contributed by atoms with Crippen LogP contribution in [0.1, 0.15) is 38.2 Å². The molecule has 1 aromatic rings. The van der Waals surface area contributed by atoms with Gasteiger partial charge in [0.05, 0.1) is 0 Å². The van der Waals surface area contributed by atoms with Crippen LogP contribution >= 0.6 is 11.8 Å². The highest BCUT2D eigenvalue weighted by Crippen LogP contribution is 2.39. The smallest absolute Gasteiger partial charge is 0.0195 e. The van der Waals surface area contributed by atoms with Crippen LogP contribution in [0.25, 0.3) is 0 Å². The molecular weight excluding hydrogens is 264 g/mol. The van der Waals surface area contributed by atoms with Crippen LogP contribution in [0.15, 0.2) is 29.2 Å². The van der Waals surface area contributed by atoms with E-state index in [1.165, 1.54) is 43.1 Å². The van der Waals surface area contributed by atoms with Crippen molar-refractivity contribution in [1.82, 2.24) is 10.2 Å². The van der Waals surface area contributed by atoms with Crippen molar-refractivity contribution in [3.8, 4) is 0 Å². The molecule has 0 saturated carbocycles. The zero-order chi connectivity index (χ0) is 13.9. The van der Waals surface area contributed by atoms with Crippen LogP contribution in [0.2, 0.25) is 0 Å². The largest absolute Gasteiger partial charge is 0.313 e. The van der Waals surface area contributed by atoms with Crippen LogP contribution < -0.4 is 5.32 Å². The summed E-state index contributed by atoms with van der Waals surface area (Å²) in [4.78, 5) is 4.18. The standard InChI is InChI=1S/C17H26N2S/c1-13(2)19(11-15-6-5-9-18-15)10-14-12-20-17-8-4-3-7-16(14)17/h3-4,7-8,13-15,18H,5-6,9-12H2,1-2H3. The highest BCUT2D eigenvalue weighted by atomic mass is 32.2. The lowest BCUT2D eigenvalue weighted by molar-refractivity contribution is 0.194. The average molecular weight is 290 g/mol. The van der Waals surface area contributed by atoms with E-state index in [0.29, 0.717) is 18.0 Å². The van der Waals surface area contributed by atoms with Crippen LogP contribution in [-0.4, -0.2) is 42.4 Å². The first-order chi connectivity index (χ1) is 9.74. The van der Waals surface area contributed by atoms with Crippen molar-refractivity contribution in [2.24, 2.45) is 0 Å². The highest BCUT2D eigenvalue weighted by Gasteiger charge is 2.27. The Morgan fingerprint density at radius 3 is 2.90 bits per heavy atom. The number of thioether (sulfide) groups is 1. The van der Waals surface area contributed by atoms with Crippen LogP contribution in [0.3, 0.4) is 0 Å². The van der Waals surface area contributed by atoms with E-state index in [1.54, 1.807) is 5.56 Å². The highest BCUT2D eigenvalue weighted by molar-refractivity contribution is 7.99. The van der Waals surface area contributed by atoms with E-state index in [1.807, 2.05) is 11.8 Å². The molecule has 0 spiro atoms. The van der Waals surface area contributed by atoms with Gasteiger partial charge in [0.15, 0.2) is 0 Å². The van der Waals surface area contributed by atoms with Crippen LogP contribution in [-0.2, 0) is 0 Å². The monoisotopic (exact) mass is 290 g/mol. The lowest BCUT2D eigenvalue weighted by Gasteiger charge is -2.31. The second kappa shape index (κ2) is 6.50. The molecule has 2 aliphatic heterocycles. The molecule has 1 fully saturated rings. The molecule has 1 N–H and O–H groups in total. The molecule has 0 bridgehead atoms. The Balaban J connectivity index is 1.65. The Hall–Kier alpha value is -0.510. The molecule has 0 radical (unpaired) electrons. The van der Waals surface area contributed by atoms with Crippen LogP contribution in [0.5, 0.6) is 0 Å². The van der Waals surface area contributed by atoms with Gasteiger partial charge in [-0.2, -0.15) is 0 Å². The zero-order valence-electron chi connectivity index (χ0n) is 12.6. The van der Waals surface area contributed by atoms with E-state index in [4.69, 9.17) is 0 Å². The predicted molar refractivity (Wildman–Crippen MR) is 87.6 cm³/mol. The molecule has 110 valence electrons. The quantitative estimate of drug-likeness (QED) is 0.895. The van der Waals surface area contributed by atoms with Crippen molar-refractivity contribution in [3.05, 3.63) is 29.8 Å². The maximum Gasteiger partial charge on any atom is 0.0195 e. The SMILES string of the molecule is CC(C)N(CC1CCCN1)CC1CSc2ccccc21. The van der Waals surface area contributed by atoms with E-state index in [0.717, 1.165) is 0 Å². The van der Waals surface area contributed by atoms with Crippen molar-refractivity contribution in [1.29, 1.82) is 0 Å². The second-order valence-corrected chi connectivity index (χ2v) is 7.45. The first-order valence-electron chi connectivity index (χ1n) is 7.93. The molecule has 1 aromatic carbocycles. The Labute approximate surface area is 127 Å². The van der Waals surface area contributed by atoms with E-state index in [-0.39, 0.29) is 0 Å². The summed E-state index contributed by atoms with van der Waals surface area (Å²) in [6.07, 6.45) is 2.69. The molecule has 20 heavy (non-hydrogen) atoms. The first kappa shape index (κ1) is 14.4. The summed E-state index contributed by atoms with van der Waals surface area (Å²) >= 11 is 2.03. The first-order valence-corrected chi connectivity index (χ1v) is 8.91. The third-order valence-electron chi connectivity index (χ3n) is 4.60. The van der Waals surface area contributed by atoms with Gasteiger partial charge < -0.3 is 5.32 Å². The summed E-state index contributed by atoms with van der Waals surface area (Å²) in [5, 5.41) is 3.64. The lowest BCUT2D eigenvalue weighted by Crippen LogP contribution is -2.43. The minimum absolute atomic E-state index is 0.634. The second-order valence-electron chi connectivity index (χ2n) is 6.39. The minimum atomic E-state index is 0.634. The summed E-state index contributed by atoms with van der Waals surface area (Å²) in [6, 6.07) is 10.3. The van der Waals surface area contributed by atoms with Gasteiger partial charge in [-0.05, 0) is 44.9 Å². The Morgan fingerprint density at radius 2 is 2.15 bits per heavy atom. The Kier molecular flexibility index (Phi) is 4.69. The zero-order valence-corrected chi connectivity index (χ0v) is 13.5. The molecule has 2 nitrogen and oxygen atoms in total. The number of hydrogen-bond acceptors (Lipinski definition) is 3. The van der Waals surface area contributed by atoms with Gasteiger partial charge in [-0.3, -0.25) is 4.90 Å². The maximum absolute atomic E-state index is 3.64. The molecule has 2 unspecified atom stereocenters. The number of hydrogen-bond donors (Lipinski definition) is 1. The van der Waals surface area contributed by atoms with Gasteiger partial charge in [0.1, 0.15) is 0 Å². The fourth-order valence-corrected chi connectivity index (χ4v) is 4.60. The van der Waals surface area contributed by atoms with E-state index in [2.05, 4.69) is 48.3 Å². The van der Waals surface area contributed by atoms with Gasteiger partial charge in [-0.1, -0.05) is 18.2 Å². The van der Waals surface area contributed by atoms with Gasteiger partial charge in [-0.15, -0.1) is 11.8 Å². The molecular formula is C17H26N2S. The van der Waals surface area contributed by atoms with Gasteiger partial charge >= 0.3 is 0 Å². The molecule has 1 saturated heterocycles. The summed E-state index contributed by atoms with van der Waals surface area (Å²) in [7, 11) is 0. The molecule has 3 heteroatoms.